The van der Waals surface area contributed by atoms with E-state index in [9.17, 15) is 0 Å². The summed E-state index contributed by atoms with van der Waals surface area (Å²) < 4.78 is 2.52. The number of fused-ring (bicyclic) bond motifs is 6. The minimum atomic E-state index is 0. The van der Waals surface area contributed by atoms with E-state index in [0.717, 1.165) is 68.0 Å². The third-order valence-electron chi connectivity index (χ3n) is 15.8. The average molecular weight is 1460 g/mol. The standard InChI is InChI=1S/2C23H29.2C13H8Cl2.2C5H5.2ClH.2Zr/c2*1-14-9-16-11-17-10-15(2)21(23(6,7)8)13-19(17)18(16)12-20(14)22(3,4)5;2*14-12-5-1-3-10(8-12)7-11-4-2-6-13(15)9-11;2*1-2-4-5-3-1;;;;/h2*9,12-13H,11H2,1-8H3;2*1-6,8-9H;2*1-3H,4H2;2*1H;;/q2*-1;;;2*-1;;;2*+2/p-2. The Kier molecular flexibility index (Phi) is 28.4. The Morgan fingerprint density at radius 1 is 0.378 bits per heavy atom. The van der Waals surface area contributed by atoms with Gasteiger partial charge in [0.1, 0.15) is 0 Å². The van der Waals surface area contributed by atoms with Crippen molar-refractivity contribution >= 4 is 52.8 Å². The first kappa shape index (κ1) is 76.7. The van der Waals surface area contributed by atoms with Crippen molar-refractivity contribution in [2.24, 2.45) is 0 Å². The monoisotopic (exact) mass is 1460 g/mol. The van der Waals surface area contributed by atoms with Crippen LogP contribution in [0.5, 0.6) is 0 Å². The average Bonchev–Trinajstić information content (AvgIpc) is 1.72. The van der Waals surface area contributed by atoms with Gasteiger partial charge in [0.15, 0.2) is 0 Å². The molecular weight excluding hydrogens is 1380 g/mol. The van der Waals surface area contributed by atoms with Crippen molar-refractivity contribution in [3.63, 3.8) is 0 Å². The Bertz CT molecular complexity index is 3470. The summed E-state index contributed by atoms with van der Waals surface area (Å²) in [5.74, 6) is 0. The van der Waals surface area contributed by atoms with E-state index in [2.05, 4.69) is 208 Å². The van der Waals surface area contributed by atoms with Gasteiger partial charge in [-0.1, -0.05) is 143 Å². The van der Waals surface area contributed by atoms with Crippen LogP contribution in [0.3, 0.4) is 0 Å². The predicted octanol–water partition coefficient (Wildman–Crippen LogP) is 17.4. The van der Waals surface area contributed by atoms with Crippen LogP contribution in [0.4, 0.5) is 0 Å². The Labute approximate surface area is 603 Å². The largest absolute Gasteiger partial charge is 1.00 e. The van der Waals surface area contributed by atoms with E-state index in [0.29, 0.717) is 0 Å². The summed E-state index contributed by atoms with van der Waals surface area (Å²) in [7, 11) is 0. The molecular formula is C82H84Cl6Zr2-2. The summed E-state index contributed by atoms with van der Waals surface area (Å²) >= 11 is 26.6. The van der Waals surface area contributed by atoms with Crippen LogP contribution in [0.2, 0.25) is 20.1 Å². The number of hydrogen-bond acceptors (Lipinski definition) is 0. The van der Waals surface area contributed by atoms with Crippen LogP contribution in [0.1, 0.15) is 185 Å². The van der Waals surface area contributed by atoms with Gasteiger partial charge in [-0.25, -0.2) is 24.3 Å². The molecule has 0 amide bonds. The summed E-state index contributed by atoms with van der Waals surface area (Å²) in [4.78, 5) is 0. The van der Waals surface area contributed by atoms with Gasteiger partial charge in [-0.3, -0.25) is 12.2 Å². The summed E-state index contributed by atoms with van der Waals surface area (Å²) in [6.07, 6.45) is 22.1. The molecule has 0 spiro atoms. The molecule has 4 aliphatic rings. The predicted molar refractivity (Wildman–Crippen MR) is 376 cm³/mol. The maximum absolute atomic E-state index is 5.98. The van der Waals surface area contributed by atoms with Crippen LogP contribution in [-0.2, 0) is 83.0 Å². The van der Waals surface area contributed by atoms with E-state index in [-0.39, 0.29) is 46.5 Å². The van der Waals surface area contributed by atoms with Crippen molar-refractivity contribution in [1.82, 2.24) is 0 Å². The Morgan fingerprint density at radius 3 is 0.878 bits per heavy atom. The van der Waals surface area contributed by atoms with Gasteiger partial charge in [-0.2, -0.15) is 47.5 Å². The number of allylic oxidation sites excluding steroid dienone is 8. The summed E-state index contributed by atoms with van der Waals surface area (Å²) in [6, 6.07) is 53.5. The molecule has 0 N–H and O–H groups in total. The Balaban J connectivity index is 0.000000207. The van der Waals surface area contributed by atoms with Crippen molar-refractivity contribution in [2.75, 3.05) is 0 Å². The number of aryl methyl sites for hydroxylation is 4. The van der Waals surface area contributed by atoms with E-state index < -0.39 is 0 Å². The molecule has 0 saturated heterocycles. The zero-order valence-corrected chi connectivity index (χ0v) is 64.7. The van der Waals surface area contributed by atoms with Crippen molar-refractivity contribution in [2.45, 2.75) is 158 Å². The quantitative estimate of drug-likeness (QED) is 0.154. The molecule has 0 atom stereocenters. The maximum Gasteiger partial charge on any atom is -0.109 e. The minimum Gasteiger partial charge on any atom is -1.00 e. The topological polar surface area (TPSA) is 0 Å². The van der Waals surface area contributed by atoms with Crippen LogP contribution >= 0.6 is 46.4 Å². The van der Waals surface area contributed by atoms with Crippen LogP contribution in [0.15, 0.2) is 170 Å². The van der Waals surface area contributed by atoms with Crippen molar-refractivity contribution < 1.29 is 73.3 Å². The Hall–Kier alpha value is -4.03. The van der Waals surface area contributed by atoms with Crippen LogP contribution < -0.4 is 24.8 Å². The Morgan fingerprint density at radius 2 is 0.656 bits per heavy atom. The van der Waals surface area contributed by atoms with Crippen LogP contribution in [-0.4, -0.2) is 6.41 Å². The zero-order chi connectivity index (χ0) is 64.5. The van der Waals surface area contributed by atoms with E-state index in [1.165, 1.54) is 144 Å². The molecule has 464 valence electrons. The normalized spacial score (nSPS) is 12.7. The fourth-order valence-electron chi connectivity index (χ4n) is 11.6. The molecule has 0 aliphatic heterocycles. The number of hydrogen-bond donors (Lipinski definition) is 0. The number of benzene rings is 8. The second kappa shape index (κ2) is 33.4. The SMILES string of the molecule is Cc1[c-]c2c(cc1C(C)(C)C)-c1cc(C(C)(C)C)c(C)cc1C2.Cc1[c-]c2c(cc1C(C)(C)C)-c1cc(C(C)(C)C)c(C)cc1C2.Clc1cccc([C](=[Zr+2])c2cccc(Cl)c2)c1.Clc1cccc([C](=[Zr+2])c2cccc(Cl)c2)c1.[C-]1=CC=CC1.[C-]1=CC=CC1.[Cl-].[Cl-]. The molecule has 90 heavy (non-hydrogen) atoms. The van der Waals surface area contributed by atoms with Gasteiger partial charge < -0.3 is 24.8 Å². The molecule has 8 aromatic carbocycles. The third-order valence-corrected chi connectivity index (χ3v) is 19.6. The van der Waals surface area contributed by atoms with Gasteiger partial charge in [-0.15, -0.1) is 46.2 Å². The summed E-state index contributed by atoms with van der Waals surface area (Å²) in [5, 5.41) is 3.05. The number of halogens is 6. The van der Waals surface area contributed by atoms with Gasteiger partial charge in [0.05, 0.1) is 0 Å². The first-order valence-electron chi connectivity index (χ1n) is 30.4. The van der Waals surface area contributed by atoms with Crippen LogP contribution in [0.25, 0.3) is 22.3 Å². The fraction of sp³-hybridized carbons (Fsp3) is 0.293. The molecule has 0 saturated carbocycles. The van der Waals surface area contributed by atoms with E-state index >= 15 is 0 Å². The third kappa shape index (κ3) is 21.0. The van der Waals surface area contributed by atoms with Gasteiger partial charge in [0.2, 0.25) is 0 Å². The molecule has 12 rings (SSSR count). The minimum absolute atomic E-state index is 0. The maximum atomic E-state index is 5.98. The summed E-state index contributed by atoms with van der Waals surface area (Å²) in [6.45, 7) is 36.5. The molecule has 0 radical (unpaired) electrons. The first-order valence-corrected chi connectivity index (χ1v) is 34.3. The van der Waals surface area contributed by atoms with Crippen molar-refractivity contribution in [1.29, 1.82) is 0 Å². The second-order valence-corrected chi connectivity index (χ2v) is 31.4. The first-order chi connectivity index (χ1) is 41.3. The van der Waals surface area contributed by atoms with Crippen molar-refractivity contribution in [3.8, 4) is 22.3 Å². The number of rotatable bonds is 4. The molecule has 0 unspecified atom stereocenters. The molecule has 0 heterocycles. The molecule has 0 nitrogen and oxygen atoms in total. The smallest absolute Gasteiger partial charge is 0.109 e. The van der Waals surface area contributed by atoms with E-state index in [1.807, 2.05) is 97.1 Å². The van der Waals surface area contributed by atoms with E-state index in [1.54, 1.807) is 0 Å². The molecule has 8 heteroatoms. The van der Waals surface area contributed by atoms with Gasteiger partial charge >= 0.3 is 241 Å². The molecule has 4 aliphatic carbocycles. The molecule has 0 bridgehead atoms. The summed E-state index contributed by atoms with van der Waals surface area (Å²) in [5.41, 5.74) is 27.9. The molecule has 0 fully saturated rings. The zero-order valence-electron chi connectivity index (χ0n) is 55.3. The van der Waals surface area contributed by atoms with Crippen LogP contribution in [0, 0.1) is 52.0 Å². The molecule has 8 aromatic rings. The molecule has 0 aromatic heterocycles. The van der Waals surface area contributed by atoms with Gasteiger partial charge in [0, 0.05) is 0 Å². The van der Waals surface area contributed by atoms with Crippen molar-refractivity contribution in [3.05, 3.63) is 303 Å². The van der Waals surface area contributed by atoms with E-state index in [4.69, 9.17) is 46.4 Å². The van der Waals surface area contributed by atoms with Gasteiger partial charge in [0.25, 0.3) is 0 Å². The second-order valence-electron chi connectivity index (χ2n) is 27.2. The van der Waals surface area contributed by atoms with Gasteiger partial charge in [-0.05, 0) is 70.9 Å². The fourth-order valence-corrected chi connectivity index (χ4v) is 13.9.